The number of nitrogens with zero attached hydrogens (tertiary/aromatic N) is 2. The molecule has 0 radical (unpaired) electrons. The van der Waals surface area contributed by atoms with Crippen molar-refractivity contribution in [2.24, 2.45) is 0 Å². The summed E-state index contributed by atoms with van der Waals surface area (Å²) in [4.78, 5) is 9.19. The second-order valence-electron chi connectivity index (χ2n) is 7.96. The Morgan fingerprint density at radius 3 is 2.61 bits per heavy atom. The molecule has 2 aromatic carbocycles. The van der Waals surface area contributed by atoms with Gasteiger partial charge in [-0.05, 0) is 49.1 Å². The highest BCUT2D eigenvalue weighted by molar-refractivity contribution is 7.18. The zero-order chi connectivity index (χ0) is 24.6. The van der Waals surface area contributed by atoms with Gasteiger partial charge in [0.1, 0.15) is 11.1 Å². The molecular weight excluding hydrogens is 364 g/mol. The first-order valence-electron chi connectivity index (χ1n) is 12.0. The Morgan fingerprint density at radius 2 is 1.82 bits per heavy atom. The van der Waals surface area contributed by atoms with Crippen molar-refractivity contribution in [1.29, 1.82) is 0 Å². The number of pyridine rings is 1. The van der Waals surface area contributed by atoms with Crippen LogP contribution in [0, 0.1) is 13.7 Å². The molecule has 0 aliphatic carbocycles. The van der Waals surface area contributed by atoms with Crippen LogP contribution < -0.4 is 0 Å². The van der Waals surface area contributed by atoms with Crippen LogP contribution in [0.15, 0.2) is 47.0 Å². The predicted molar refractivity (Wildman–Crippen MR) is 118 cm³/mol. The van der Waals surface area contributed by atoms with Crippen LogP contribution in [-0.2, 0) is 5.41 Å². The molecule has 0 aliphatic heterocycles. The van der Waals surface area contributed by atoms with Crippen LogP contribution in [0.4, 0.5) is 0 Å². The Bertz CT molecular complexity index is 1570. The first kappa shape index (κ1) is 12.0. The molecule has 0 N–H and O–H groups in total. The van der Waals surface area contributed by atoms with E-state index in [4.69, 9.17) is 17.6 Å². The summed E-state index contributed by atoms with van der Waals surface area (Å²) in [6, 6.07) is 11.0. The topological polar surface area (TPSA) is 38.9 Å². The number of thiazole rings is 1. The Labute approximate surface area is 176 Å². The van der Waals surface area contributed by atoms with E-state index >= 15 is 0 Å². The first-order valence-corrected chi connectivity index (χ1v) is 9.83. The third kappa shape index (κ3) is 2.55. The summed E-state index contributed by atoms with van der Waals surface area (Å²) in [5.41, 5.74) is 2.36. The normalized spacial score (nSPS) is 16.5. The van der Waals surface area contributed by atoms with E-state index in [2.05, 4.69) is 25.8 Å². The molecule has 3 nitrogen and oxygen atoms in total. The number of hydrogen-bond acceptors (Lipinski definition) is 4. The molecule has 3 heterocycles. The van der Waals surface area contributed by atoms with Gasteiger partial charge in [0.05, 0.1) is 15.4 Å². The Morgan fingerprint density at radius 1 is 1.00 bits per heavy atom. The first-order chi connectivity index (χ1) is 15.7. The Balaban J connectivity index is 1.78. The highest BCUT2D eigenvalue weighted by Crippen LogP contribution is 2.40. The number of para-hydroxylation sites is 1. The maximum atomic E-state index is 7.87. The third-order valence-corrected chi connectivity index (χ3v) is 6.29. The summed E-state index contributed by atoms with van der Waals surface area (Å²) in [6.07, 6.45) is 1.14. The van der Waals surface area contributed by atoms with Crippen LogP contribution in [-0.4, -0.2) is 9.97 Å². The van der Waals surface area contributed by atoms with Crippen molar-refractivity contribution >= 4 is 43.5 Å². The van der Waals surface area contributed by atoms with Crippen molar-refractivity contribution < 1.29 is 12.6 Å². The van der Waals surface area contributed by atoms with Crippen molar-refractivity contribution in [1.82, 2.24) is 9.97 Å². The van der Waals surface area contributed by atoms with Crippen LogP contribution >= 0.6 is 11.3 Å². The van der Waals surface area contributed by atoms with E-state index in [0.717, 1.165) is 32.2 Å². The maximum absolute atomic E-state index is 7.87. The summed E-state index contributed by atoms with van der Waals surface area (Å²) in [6.45, 7) is 1.18. The molecule has 0 aliphatic rings. The number of benzene rings is 2. The van der Waals surface area contributed by atoms with Gasteiger partial charge in [-0.1, -0.05) is 32.9 Å². The smallest absolute Gasteiger partial charge is 0.162 e. The average Bonchev–Trinajstić information content (AvgIpc) is 3.33. The van der Waals surface area contributed by atoms with Crippen LogP contribution in [0.25, 0.3) is 43.4 Å². The monoisotopic (exact) mass is 392 g/mol. The third-order valence-electron chi connectivity index (χ3n) is 4.85. The second-order valence-corrected chi connectivity index (χ2v) is 8.99. The minimum absolute atomic E-state index is 0.0900. The largest absolute Gasteiger partial charge is 0.453 e. The molecule has 0 saturated carbocycles. The molecule has 0 unspecified atom stereocenters. The summed E-state index contributed by atoms with van der Waals surface area (Å²) in [7, 11) is 0. The lowest BCUT2D eigenvalue weighted by Crippen LogP contribution is -2.09. The molecule has 0 amide bonds. The standard InChI is InChI=1S/C24H22N2OS/c1-13-11-18(25-12-14(13)2)17-8-6-7-15-16-9-10-19-20(22(16)27-21(15)17)26-23(28-19)24(3,4)5/h6-12H,1-5H3/i1D3,2D3. The lowest BCUT2D eigenvalue weighted by Gasteiger charge is -2.13. The van der Waals surface area contributed by atoms with Gasteiger partial charge in [-0.3, -0.25) is 4.98 Å². The molecule has 0 atom stereocenters. The SMILES string of the molecule is [2H]C([2H])([2H])c1cnc(-c2cccc3c2oc2c3ccc3sc(C(C)(C)C)nc32)cc1C([2H])([2H])[2H]. The molecule has 28 heavy (non-hydrogen) atoms. The summed E-state index contributed by atoms with van der Waals surface area (Å²) >= 11 is 1.64. The average molecular weight is 393 g/mol. The fourth-order valence-electron chi connectivity index (χ4n) is 3.37. The van der Waals surface area contributed by atoms with Crippen molar-refractivity contribution in [3.05, 3.63) is 58.7 Å². The predicted octanol–water partition coefficient (Wildman–Crippen LogP) is 7.17. The number of rotatable bonds is 1. The molecule has 4 heteroatoms. The van der Waals surface area contributed by atoms with Crippen molar-refractivity contribution in [2.45, 2.75) is 39.9 Å². The highest BCUT2D eigenvalue weighted by Gasteiger charge is 2.22. The summed E-state index contributed by atoms with van der Waals surface area (Å²) < 4.78 is 54.1. The van der Waals surface area contributed by atoms with E-state index < -0.39 is 13.7 Å². The maximum Gasteiger partial charge on any atom is 0.162 e. The fourth-order valence-corrected chi connectivity index (χ4v) is 4.39. The lowest BCUT2D eigenvalue weighted by molar-refractivity contribution is 0.586. The molecule has 0 saturated heterocycles. The van der Waals surface area contributed by atoms with Gasteiger partial charge in [0, 0.05) is 36.2 Å². The molecule has 0 fully saturated rings. The molecule has 5 aromatic rings. The van der Waals surface area contributed by atoms with E-state index in [0.29, 0.717) is 22.4 Å². The molecular formula is C24H22N2OS. The minimum Gasteiger partial charge on any atom is -0.453 e. The molecule has 0 bridgehead atoms. The van der Waals surface area contributed by atoms with Crippen molar-refractivity contribution in [2.75, 3.05) is 0 Å². The van der Waals surface area contributed by atoms with Crippen LogP contribution in [0.3, 0.4) is 0 Å². The van der Waals surface area contributed by atoms with Crippen LogP contribution in [0.2, 0.25) is 0 Å². The summed E-state index contributed by atoms with van der Waals surface area (Å²) in [5, 5.41) is 2.78. The van der Waals surface area contributed by atoms with Gasteiger partial charge in [-0.25, -0.2) is 4.98 Å². The Kier molecular flexibility index (Phi) is 2.52. The van der Waals surface area contributed by atoms with Crippen molar-refractivity contribution in [3.63, 3.8) is 0 Å². The number of furan rings is 1. The van der Waals surface area contributed by atoms with Gasteiger partial charge in [-0.2, -0.15) is 0 Å². The summed E-state index contributed by atoms with van der Waals surface area (Å²) in [5.74, 6) is 0. The van der Waals surface area contributed by atoms with Gasteiger partial charge in [0.2, 0.25) is 0 Å². The van der Waals surface area contributed by atoms with Gasteiger partial charge >= 0.3 is 0 Å². The van der Waals surface area contributed by atoms with Crippen LogP contribution in [0.5, 0.6) is 0 Å². The second kappa shape index (κ2) is 5.89. The molecule has 140 valence electrons. The van der Waals surface area contributed by atoms with E-state index in [9.17, 15) is 0 Å². The zero-order valence-corrected chi connectivity index (χ0v) is 16.6. The van der Waals surface area contributed by atoms with Gasteiger partial charge < -0.3 is 4.42 Å². The van der Waals surface area contributed by atoms with E-state index in [1.165, 1.54) is 6.07 Å². The van der Waals surface area contributed by atoms with E-state index in [1.54, 1.807) is 17.4 Å². The molecule has 0 spiro atoms. The number of hydrogen-bond donors (Lipinski definition) is 0. The van der Waals surface area contributed by atoms with Gasteiger partial charge in [-0.15, -0.1) is 11.3 Å². The minimum atomic E-state index is -2.60. The quantitative estimate of drug-likeness (QED) is 0.303. The number of aromatic nitrogens is 2. The molecule has 3 aromatic heterocycles. The zero-order valence-electron chi connectivity index (χ0n) is 21.8. The number of fused-ring (bicyclic) bond motifs is 5. The van der Waals surface area contributed by atoms with E-state index in [1.807, 2.05) is 24.3 Å². The van der Waals surface area contributed by atoms with Gasteiger partial charge in [0.25, 0.3) is 0 Å². The number of aryl methyl sites for hydroxylation is 2. The van der Waals surface area contributed by atoms with Crippen molar-refractivity contribution in [3.8, 4) is 11.3 Å². The van der Waals surface area contributed by atoms with E-state index in [-0.39, 0.29) is 16.5 Å². The lowest BCUT2D eigenvalue weighted by atomic mass is 9.98. The Hall–Kier alpha value is -2.72. The highest BCUT2D eigenvalue weighted by atomic mass is 32.1. The molecule has 5 rings (SSSR count). The fraction of sp³-hybridized carbons (Fsp3) is 0.250. The van der Waals surface area contributed by atoms with Gasteiger partial charge in [0.15, 0.2) is 5.58 Å². The van der Waals surface area contributed by atoms with Crippen LogP contribution in [0.1, 0.15) is 45.1 Å².